The van der Waals surface area contributed by atoms with Crippen molar-refractivity contribution in [3.63, 3.8) is 0 Å². The van der Waals surface area contributed by atoms with Crippen LogP contribution in [0.2, 0.25) is 0 Å². The van der Waals surface area contributed by atoms with Gasteiger partial charge >= 0.3 is 12.2 Å². The van der Waals surface area contributed by atoms with Crippen molar-refractivity contribution in [3.05, 3.63) is 215 Å². The number of hydrogen-bond acceptors (Lipinski definition) is 6. The number of rotatable bonds is 17. The summed E-state index contributed by atoms with van der Waals surface area (Å²) in [5.41, 5.74) is 3.89. The van der Waals surface area contributed by atoms with Gasteiger partial charge in [-0.3, -0.25) is 16.0 Å². The van der Waals surface area contributed by atoms with Gasteiger partial charge in [-0.2, -0.15) is 0 Å². The number of carbonyl (C=O) groups excluding carboxylic acids is 2. The fourth-order valence-corrected chi connectivity index (χ4v) is 8.26. The van der Waals surface area contributed by atoms with Crippen LogP contribution < -0.4 is 16.0 Å². The second kappa shape index (κ2) is 22.4. The highest BCUT2D eigenvalue weighted by molar-refractivity contribution is 5.99. The minimum Gasteiger partial charge on any atom is -0.444 e. The van der Waals surface area contributed by atoms with Crippen LogP contribution in [-0.2, 0) is 20.6 Å². The molecule has 0 aromatic heterocycles. The molecule has 6 aromatic carbocycles. The predicted octanol–water partition coefficient (Wildman–Crippen LogP) is 11.4. The number of nitrogens with one attached hydrogen (secondary N) is 3. The molecule has 6 aromatic rings. The molecule has 0 saturated carbocycles. The van der Waals surface area contributed by atoms with Gasteiger partial charge in [-0.05, 0) is 107 Å². The summed E-state index contributed by atoms with van der Waals surface area (Å²) in [6.07, 6.45) is 0.603. The summed E-state index contributed by atoms with van der Waals surface area (Å²) in [7, 11) is 0. The molecule has 9 nitrogen and oxygen atoms in total. The second-order valence-electron chi connectivity index (χ2n) is 18.1. The first-order valence-electron chi connectivity index (χ1n) is 22.7. The van der Waals surface area contributed by atoms with Gasteiger partial charge in [-0.15, -0.1) is 4.99 Å². The van der Waals surface area contributed by atoms with E-state index in [0.717, 1.165) is 39.8 Å². The highest BCUT2D eigenvalue weighted by atomic mass is 16.6. The molecule has 0 atom stereocenters. The summed E-state index contributed by atoms with van der Waals surface area (Å²) < 4.78 is 11.3. The molecule has 338 valence electrons. The molecule has 9 heteroatoms. The Morgan fingerprint density at radius 2 is 0.754 bits per heavy atom. The highest BCUT2D eigenvalue weighted by Gasteiger charge is 2.37. The number of guanidine groups is 1. The number of ether oxygens (including phenoxy) is 2. The largest absolute Gasteiger partial charge is 0.444 e. The Morgan fingerprint density at radius 1 is 0.446 bits per heavy atom. The van der Waals surface area contributed by atoms with Gasteiger partial charge in [0.05, 0.1) is 11.1 Å². The van der Waals surface area contributed by atoms with E-state index in [1.807, 2.05) is 41.3 Å². The average molecular weight is 872 g/mol. The number of amides is 2. The number of benzene rings is 6. The van der Waals surface area contributed by atoms with Crippen LogP contribution in [0.15, 0.2) is 187 Å². The van der Waals surface area contributed by atoms with Crippen molar-refractivity contribution in [2.45, 2.75) is 83.1 Å². The fraction of sp³-hybridized carbons (Fsp3) is 0.304. The van der Waals surface area contributed by atoms with Crippen LogP contribution in [0.5, 0.6) is 0 Å². The minimum absolute atomic E-state index is 0.0779. The molecule has 0 aliphatic rings. The van der Waals surface area contributed by atoms with Crippen molar-refractivity contribution in [1.82, 2.24) is 20.9 Å². The molecule has 0 unspecified atom stereocenters. The van der Waals surface area contributed by atoms with Gasteiger partial charge in [-0.25, -0.2) is 9.59 Å². The third-order valence-corrected chi connectivity index (χ3v) is 11.0. The molecule has 0 bridgehead atoms. The standard InChI is InChI=1S/C56H65N5O4/c1-53(2,3)64-51(62)59-50(60-52(63)65-54(4,5)6)61(43-27-41-58-56(47-34-19-10-20-35-47,48-36-21-11-22-37-48)49-38-23-12-24-39-49)42-26-25-40-57-55(44-28-13-7-14-29-44,45-30-15-8-16-31-45)46-32-17-9-18-33-46/h7-24,28-39,57-58H,25-27,40-43H2,1-6H3,(H,59,60,62,63). The lowest BCUT2D eigenvalue weighted by molar-refractivity contribution is 0.0554. The van der Waals surface area contributed by atoms with E-state index in [2.05, 4.69) is 167 Å². The molecule has 6 rings (SSSR count). The number of aliphatic imine (C=N–C) groups is 1. The van der Waals surface area contributed by atoms with E-state index in [4.69, 9.17) is 9.47 Å². The van der Waals surface area contributed by atoms with Gasteiger partial charge in [0.2, 0.25) is 5.96 Å². The van der Waals surface area contributed by atoms with Crippen molar-refractivity contribution >= 4 is 18.1 Å². The molecular formula is C56H65N5O4. The Kier molecular flexibility index (Phi) is 16.5. The number of nitrogens with zero attached hydrogens (tertiary/aromatic N) is 2. The second-order valence-corrected chi connectivity index (χ2v) is 18.1. The zero-order valence-electron chi connectivity index (χ0n) is 38.8. The van der Waals surface area contributed by atoms with E-state index in [1.54, 1.807) is 41.5 Å². The van der Waals surface area contributed by atoms with Crippen LogP contribution in [0.25, 0.3) is 0 Å². The van der Waals surface area contributed by atoms with Gasteiger partial charge in [0.15, 0.2) is 0 Å². The summed E-state index contributed by atoms with van der Waals surface area (Å²) in [6.45, 7) is 12.9. The van der Waals surface area contributed by atoms with Crippen LogP contribution in [0.1, 0.15) is 94.2 Å². The summed E-state index contributed by atoms with van der Waals surface area (Å²) in [5, 5.41) is 10.8. The van der Waals surface area contributed by atoms with E-state index in [9.17, 15) is 9.59 Å². The molecule has 0 spiro atoms. The maximum atomic E-state index is 13.4. The maximum Gasteiger partial charge on any atom is 0.437 e. The summed E-state index contributed by atoms with van der Waals surface area (Å²) in [5.74, 6) is 0.0779. The number of unbranched alkanes of at least 4 members (excludes halogenated alkanes) is 1. The van der Waals surface area contributed by atoms with Gasteiger partial charge in [0.1, 0.15) is 11.2 Å². The topological polar surface area (TPSA) is 104 Å². The van der Waals surface area contributed by atoms with Crippen molar-refractivity contribution < 1.29 is 19.1 Å². The molecule has 0 heterocycles. The molecule has 65 heavy (non-hydrogen) atoms. The molecule has 2 amide bonds. The van der Waals surface area contributed by atoms with Gasteiger partial charge in [0.25, 0.3) is 0 Å². The Morgan fingerprint density at radius 3 is 1.08 bits per heavy atom. The van der Waals surface area contributed by atoms with E-state index in [-0.39, 0.29) is 5.96 Å². The van der Waals surface area contributed by atoms with Crippen LogP contribution >= 0.6 is 0 Å². The van der Waals surface area contributed by atoms with Crippen molar-refractivity contribution in [2.24, 2.45) is 4.99 Å². The van der Waals surface area contributed by atoms with E-state index >= 15 is 0 Å². The smallest absolute Gasteiger partial charge is 0.437 e. The zero-order chi connectivity index (χ0) is 46.2. The number of hydrogen-bond donors (Lipinski definition) is 3. The molecular weight excluding hydrogens is 807 g/mol. The summed E-state index contributed by atoms with van der Waals surface area (Å²) in [4.78, 5) is 33.2. The van der Waals surface area contributed by atoms with E-state index < -0.39 is 34.5 Å². The molecule has 0 aliphatic heterocycles. The fourth-order valence-electron chi connectivity index (χ4n) is 8.26. The summed E-state index contributed by atoms with van der Waals surface area (Å²) in [6, 6.07) is 63.1. The van der Waals surface area contributed by atoms with Gasteiger partial charge in [-0.1, -0.05) is 182 Å². The Balaban J connectivity index is 1.29. The lowest BCUT2D eigenvalue weighted by Gasteiger charge is -2.37. The quantitative estimate of drug-likeness (QED) is 0.0363. The van der Waals surface area contributed by atoms with Gasteiger partial charge < -0.3 is 14.4 Å². The summed E-state index contributed by atoms with van der Waals surface area (Å²) >= 11 is 0. The molecule has 0 fully saturated rings. The number of carbonyl (C=O) groups is 2. The Labute approximate surface area is 386 Å². The lowest BCUT2D eigenvalue weighted by Crippen LogP contribution is -2.49. The van der Waals surface area contributed by atoms with E-state index in [0.29, 0.717) is 39.0 Å². The highest BCUT2D eigenvalue weighted by Crippen LogP contribution is 2.38. The average Bonchev–Trinajstić information content (AvgIpc) is 3.30. The van der Waals surface area contributed by atoms with E-state index in [1.165, 1.54) is 0 Å². The minimum atomic E-state index is -0.803. The van der Waals surface area contributed by atoms with Crippen LogP contribution in [0.3, 0.4) is 0 Å². The Hall–Kier alpha value is -6.55. The first kappa shape index (κ1) is 47.9. The predicted molar refractivity (Wildman–Crippen MR) is 263 cm³/mol. The molecule has 0 aliphatic carbocycles. The monoisotopic (exact) mass is 872 g/mol. The molecule has 0 saturated heterocycles. The molecule has 3 N–H and O–H groups in total. The van der Waals surface area contributed by atoms with Crippen molar-refractivity contribution in [3.8, 4) is 0 Å². The first-order valence-corrected chi connectivity index (χ1v) is 22.7. The first-order chi connectivity index (χ1) is 31.3. The number of alkyl carbamates (subject to hydrolysis) is 1. The van der Waals surface area contributed by atoms with Gasteiger partial charge in [0, 0.05) is 13.1 Å². The van der Waals surface area contributed by atoms with Crippen LogP contribution in [0.4, 0.5) is 9.59 Å². The zero-order valence-corrected chi connectivity index (χ0v) is 38.8. The van der Waals surface area contributed by atoms with Crippen LogP contribution in [-0.4, -0.2) is 60.4 Å². The van der Waals surface area contributed by atoms with Crippen molar-refractivity contribution in [2.75, 3.05) is 26.2 Å². The molecule has 0 radical (unpaired) electrons. The maximum absolute atomic E-state index is 13.4. The van der Waals surface area contributed by atoms with Crippen LogP contribution in [0, 0.1) is 0 Å². The Bertz CT molecular complexity index is 2190. The SMILES string of the molecule is CC(C)(C)OC(=O)/N=C(\NC(=O)OC(C)(C)C)N(CCCCNC(c1ccccc1)(c1ccccc1)c1ccccc1)CCCNC(c1ccccc1)(c1ccccc1)c1ccccc1. The lowest BCUT2D eigenvalue weighted by atomic mass is 9.77. The van der Waals surface area contributed by atoms with Crippen molar-refractivity contribution in [1.29, 1.82) is 0 Å². The normalized spacial score (nSPS) is 12.3. The third-order valence-electron chi connectivity index (χ3n) is 11.0. The third kappa shape index (κ3) is 13.0.